The van der Waals surface area contributed by atoms with Crippen molar-refractivity contribution in [1.82, 2.24) is 29.3 Å². The fourth-order valence-electron chi connectivity index (χ4n) is 4.04. The fraction of sp³-hybridized carbons (Fsp3) is 0.318. The Morgan fingerprint density at radius 3 is 2.61 bits per heavy atom. The van der Waals surface area contributed by atoms with Crippen LogP contribution >= 0.6 is 11.8 Å². The number of pyridine rings is 3. The summed E-state index contributed by atoms with van der Waals surface area (Å²) in [5.41, 5.74) is 2.14. The van der Waals surface area contributed by atoms with Crippen molar-refractivity contribution in [3.63, 3.8) is 0 Å². The highest BCUT2D eigenvalue weighted by Crippen LogP contribution is 2.21. The van der Waals surface area contributed by atoms with Gasteiger partial charge in [0.25, 0.3) is 11.1 Å². The molecule has 158 valence electrons. The zero-order valence-corrected chi connectivity index (χ0v) is 18.0. The Morgan fingerprint density at radius 1 is 1.06 bits per heavy atom. The highest BCUT2D eigenvalue weighted by molar-refractivity contribution is 7.98. The molecule has 0 saturated carbocycles. The second-order valence-corrected chi connectivity index (χ2v) is 8.44. The van der Waals surface area contributed by atoms with Crippen LogP contribution in [0, 0.1) is 0 Å². The number of hydrogen-bond acceptors (Lipinski definition) is 6. The Bertz CT molecular complexity index is 1430. The number of thioether (sulfide) groups is 1. The quantitative estimate of drug-likeness (QED) is 0.294. The van der Waals surface area contributed by atoms with E-state index in [1.807, 2.05) is 12.3 Å². The number of allylic oxidation sites excluding steroid dienone is 2. The molecule has 0 radical (unpaired) electrons. The minimum absolute atomic E-state index is 0.123. The average Bonchev–Trinajstić information content (AvgIpc) is 3.28. The fourth-order valence-corrected chi connectivity index (χ4v) is 4.36. The summed E-state index contributed by atoms with van der Waals surface area (Å²) in [6.45, 7) is 0.632. The molecule has 0 atom stereocenters. The van der Waals surface area contributed by atoms with Crippen LogP contribution in [0.2, 0.25) is 0 Å². The summed E-state index contributed by atoms with van der Waals surface area (Å²) in [6, 6.07) is 5.25. The maximum absolute atomic E-state index is 13.1. The third-order valence-electron chi connectivity index (χ3n) is 5.74. The summed E-state index contributed by atoms with van der Waals surface area (Å²) in [5, 5.41) is 8.21. The van der Waals surface area contributed by atoms with E-state index in [0.717, 1.165) is 19.3 Å². The van der Waals surface area contributed by atoms with Crippen LogP contribution in [0.1, 0.15) is 32.1 Å². The predicted octanol–water partition coefficient (Wildman–Crippen LogP) is 3.43. The number of nitrogens with one attached hydrogen (secondary N) is 1. The van der Waals surface area contributed by atoms with Crippen molar-refractivity contribution in [3.05, 3.63) is 62.9 Å². The molecular formula is C22H22N6O2S. The number of fused-ring (bicyclic) bond motifs is 2. The topological polar surface area (TPSA) is 98.5 Å². The largest absolute Gasteiger partial charge is 0.315 e. The molecule has 31 heavy (non-hydrogen) atoms. The van der Waals surface area contributed by atoms with Crippen molar-refractivity contribution in [2.45, 2.75) is 43.8 Å². The first-order valence-corrected chi connectivity index (χ1v) is 11.6. The van der Waals surface area contributed by atoms with Crippen molar-refractivity contribution in [2.24, 2.45) is 0 Å². The van der Waals surface area contributed by atoms with E-state index < -0.39 is 0 Å². The van der Waals surface area contributed by atoms with E-state index >= 15 is 0 Å². The monoisotopic (exact) mass is 434 g/mol. The molecule has 1 aliphatic carbocycles. The number of aryl methyl sites for hydroxylation is 1. The minimum Gasteiger partial charge on any atom is -0.315 e. The van der Waals surface area contributed by atoms with Gasteiger partial charge in [-0.05, 0) is 56.6 Å². The van der Waals surface area contributed by atoms with E-state index in [1.54, 1.807) is 29.1 Å². The standard InChI is InChI=1S/C22H22N6O2S/c1-31-22-24-21(25-26-22)28-12-9-18-16(20(28)30)13-15-17(23-18)8-11-27(19(15)29)10-7-14-5-3-2-4-6-14/h5,8-9,11-13H,2-4,6-7,10H2,1H3,(H,24,25,26). The third kappa shape index (κ3) is 3.69. The van der Waals surface area contributed by atoms with E-state index in [1.165, 1.54) is 34.7 Å². The summed E-state index contributed by atoms with van der Waals surface area (Å²) in [6.07, 6.45) is 13.2. The Labute approximate surface area is 182 Å². The third-order valence-corrected chi connectivity index (χ3v) is 6.29. The first kappa shape index (κ1) is 19.7. The van der Waals surface area contributed by atoms with Gasteiger partial charge in [0.1, 0.15) is 0 Å². The predicted molar refractivity (Wildman–Crippen MR) is 122 cm³/mol. The second-order valence-electron chi connectivity index (χ2n) is 7.66. The van der Waals surface area contributed by atoms with Gasteiger partial charge in [-0.25, -0.2) is 10.1 Å². The van der Waals surface area contributed by atoms with E-state index in [0.29, 0.717) is 39.5 Å². The van der Waals surface area contributed by atoms with Crippen LogP contribution in [0.3, 0.4) is 0 Å². The lowest BCUT2D eigenvalue weighted by atomic mass is 9.97. The molecule has 0 amide bonds. The van der Waals surface area contributed by atoms with Crippen LogP contribution in [0.5, 0.6) is 0 Å². The maximum atomic E-state index is 13.1. The van der Waals surface area contributed by atoms with Crippen LogP contribution in [-0.4, -0.2) is 35.6 Å². The van der Waals surface area contributed by atoms with Crippen LogP contribution < -0.4 is 11.1 Å². The highest BCUT2D eigenvalue weighted by atomic mass is 32.2. The molecule has 4 aromatic heterocycles. The normalized spacial score (nSPS) is 14.3. The summed E-state index contributed by atoms with van der Waals surface area (Å²) >= 11 is 1.38. The average molecular weight is 435 g/mol. The van der Waals surface area contributed by atoms with Crippen molar-refractivity contribution in [1.29, 1.82) is 0 Å². The van der Waals surface area contributed by atoms with Gasteiger partial charge in [0.15, 0.2) is 0 Å². The summed E-state index contributed by atoms with van der Waals surface area (Å²) < 4.78 is 3.10. The summed E-state index contributed by atoms with van der Waals surface area (Å²) in [5.74, 6) is 0.336. The van der Waals surface area contributed by atoms with Crippen LogP contribution in [0.15, 0.2) is 57.0 Å². The highest BCUT2D eigenvalue weighted by Gasteiger charge is 2.13. The minimum atomic E-state index is -0.294. The van der Waals surface area contributed by atoms with E-state index in [9.17, 15) is 9.59 Å². The van der Waals surface area contributed by atoms with Crippen LogP contribution in [0.25, 0.3) is 27.8 Å². The molecule has 0 aromatic carbocycles. The van der Waals surface area contributed by atoms with Gasteiger partial charge in [0.2, 0.25) is 11.1 Å². The summed E-state index contributed by atoms with van der Waals surface area (Å²) in [4.78, 5) is 35.1. The van der Waals surface area contributed by atoms with Gasteiger partial charge in [-0.1, -0.05) is 23.4 Å². The van der Waals surface area contributed by atoms with E-state index in [4.69, 9.17) is 0 Å². The Balaban J connectivity index is 1.57. The number of aromatic nitrogens is 6. The van der Waals surface area contributed by atoms with Crippen LogP contribution in [0.4, 0.5) is 0 Å². The van der Waals surface area contributed by atoms with Gasteiger partial charge < -0.3 is 4.57 Å². The van der Waals surface area contributed by atoms with Gasteiger partial charge >= 0.3 is 0 Å². The lowest BCUT2D eigenvalue weighted by molar-refractivity contribution is 0.616. The number of rotatable bonds is 5. The van der Waals surface area contributed by atoms with Gasteiger partial charge in [-0.3, -0.25) is 14.2 Å². The van der Waals surface area contributed by atoms with E-state index in [2.05, 4.69) is 26.2 Å². The molecule has 0 aliphatic heterocycles. The molecule has 4 aromatic rings. The Morgan fingerprint density at radius 2 is 1.87 bits per heavy atom. The van der Waals surface area contributed by atoms with Gasteiger partial charge in [-0.2, -0.15) is 4.98 Å². The van der Waals surface area contributed by atoms with Crippen molar-refractivity contribution in [3.8, 4) is 5.95 Å². The van der Waals surface area contributed by atoms with Gasteiger partial charge in [0.05, 0.1) is 21.8 Å². The molecular weight excluding hydrogens is 412 g/mol. The lowest BCUT2D eigenvalue weighted by Crippen LogP contribution is -2.22. The van der Waals surface area contributed by atoms with Crippen molar-refractivity contribution < 1.29 is 0 Å². The first-order chi connectivity index (χ1) is 15.1. The van der Waals surface area contributed by atoms with Crippen molar-refractivity contribution in [2.75, 3.05) is 6.26 Å². The molecule has 0 unspecified atom stereocenters. The smallest absolute Gasteiger partial charge is 0.266 e. The van der Waals surface area contributed by atoms with Crippen molar-refractivity contribution >= 4 is 33.6 Å². The number of nitrogens with zero attached hydrogens (tertiary/aromatic N) is 5. The molecule has 0 fully saturated rings. The molecule has 8 nitrogen and oxygen atoms in total. The zero-order chi connectivity index (χ0) is 21.4. The molecule has 1 N–H and O–H groups in total. The molecule has 0 saturated heterocycles. The van der Waals surface area contributed by atoms with Crippen LogP contribution in [-0.2, 0) is 6.54 Å². The van der Waals surface area contributed by atoms with Gasteiger partial charge in [-0.15, -0.1) is 5.10 Å². The molecule has 0 bridgehead atoms. The van der Waals surface area contributed by atoms with E-state index in [-0.39, 0.29) is 11.1 Å². The molecule has 5 rings (SSSR count). The summed E-state index contributed by atoms with van der Waals surface area (Å²) in [7, 11) is 0. The maximum Gasteiger partial charge on any atom is 0.266 e. The Kier molecular flexibility index (Phi) is 5.19. The zero-order valence-electron chi connectivity index (χ0n) is 17.2. The molecule has 0 spiro atoms. The number of hydrogen-bond donors (Lipinski definition) is 1. The molecule has 9 heteroatoms. The SMILES string of the molecule is CSc1n[nH]c(-n2ccc3nc4ccn(CCC5=CCCCC5)c(=O)c4cc3c2=O)n1. The first-order valence-electron chi connectivity index (χ1n) is 10.3. The Hall–Kier alpha value is -3.20. The van der Waals surface area contributed by atoms with Gasteiger partial charge in [0, 0.05) is 18.9 Å². The number of H-pyrrole nitrogens is 1. The number of aromatic amines is 1. The lowest BCUT2D eigenvalue weighted by Gasteiger charge is -2.13. The molecule has 4 heterocycles. The second kappa shape index (κ2) is 8.14. The molecule has 1 aliphatic rings.